The van der Waals surface area contributed by atoms with E-state index < -0.39 is 0 Å². The summed E-state index contributed by atoms with van der Waals surface area (Å²) in [6.07, 6.45) is 4.48. The Labute approximate surface area is 75.9 Å². The number of hydrogen-bond donors (Lipinski definition) is 1. The van der Waals surface area contributed by atoms with Crippen LogP contribution in [0.4, 0.5) is 0 Å². The smallest absolute Gasteiger partial charge is 0.0993 e. The summed E-state index contributed by atoms with van der Waals surface area (Å²) in [6, 6.07) is 0. The molecule has 0 aromatic carbocycles. The molecular formula is C10H20N2. The maximum atomic E-state index is 5.46. The van der Waals surface area contributed by atoms with Crippen molar-refractivity contribution in [2.45, 2.75) is 34.1 Å². The molecular weight excluding hydrogens is 148 g/mol. The van der Waals surface area contributed by atoms with Crippen molar-refractivity contribution in [2.75, 3.05) is 0 Å². The molecule has 0 fully saturated rings. The maximum Gasteiger partial charge on any atom is 0.0993 e. The molecule has 0 spiro atoms. The average Bonchev–Trinajstić information content (AvgIpc) is 2.08. The monoisotopic (exact) mass is 168 g/mol. The molecule has 0 unspecified atom stereocenters. The van der Waals surface area contributed by atoms with Crippen LogP contribution in [-0.4, -0.2) is 5.84 Å². The van der Waals surface area contributed by atoms with Crippen molar-refractivity contribution in [3.8, 4) is 0 Å². The standard InChI is InChI=1S/C8H14N2.C2H6/c1-4-6-7(3)10-8(9)5-2;1-2/h4,6H,3,5H2,1-2H3,(H2,9,10);1-2H3/b6-4-;. The molecule has 0 saturated heterocycles. The van der Waals surface area contributed by atoms with Gasteiger partial charge in [0.15, 0.2) is 0 Å². The Morgan fingerprint density at radius 1 is 1.50 bits per heavy atom. The zero-order valence-electron chi connectivity index (χ0n) is 8.59. The van der Waals surface area contributed by atoms with Crippen molar-refractivity contribution in [2.24, 2.45) is 10.7 Å². The number of nitrogens with zero attached hydrogens (tertiary/aromatic N) is 1. The van der Waals surface area contributed by atoms with Gasteiger partial charge in [-0.15, -0.1) is 0 Å². The second-order valence-corrected chi connectivity index (χ2v) is 1.95. The van der Waals surface area contributed by atoms with Crippen LogP contribution < -0.4 is 5.73 Å². The van der Waals surface area contributed by atoms with Crippen LogP contribution >= 0.6 is 0 Å². The summed E-state index contributed by atoms with van der Waals surface area (Å²) < 4.78 is 0. The van der Waals surface area contributed by atoms with Crippen molar-refractivity contribution < 1.29 is 0 Å². The highest BCUT2D eigenvalue weighted by Gasteiger charge is 1.85. The highest BCUT2D eigenvalue weighted by atomic mass is 14.9. The molecule has 0 aromatic rings. The molecule has 70 valence electrons. The summed E-state index contributed by atoms with van der Waals surface area (Å²) in [5.74, 6) is 0.628. The largest absolute Gasteiger partial charge is 0.387 e. The van der Waals surface area contributed by atoms with E-state index >= 15 is 0 Å². The van der Waals surface area contributed by atoms with Crippen LogP contribution in [0.25, 0.3) is 0 Å². The second kappa shape index (κ2) is 9.95. The third-order valence-corrected chi connectivity index (χ3v) is 1.01. The average molecular weight is 168 g/mol. The molecule has 2 heteroatoms. The van der Waals surface area contributed by atoms with Gasteiger partial charge in [0, 0.05) is 6.42 Å². The predicted octanol–water partition coefficient (Wildman–Crippen LogP) is 2.87. The first-order valence-electron chi connectivity index (χ1n) is 4.35. The molecule has 2 N–H and O–H groups in total. The first-order valence-corrected chi connectivity index (χ1v) is 4.35. The Kier molecular flexibility index (Phi) is 11.2. The van der Waals surface area contributed by atoms with Gasteiger partial charge in [-0.2, -0.15) is 0 Å². The van der Waals surface area contributed by atoms with Gasteiger partial charge in [-0.1, -0.05) is 33.4 Å². The minimum absolute atomic E-state index is 0.628. The molecule has 0 amide bonds. The topological polar surface area (TPSA) is 38.4 Å². The number of rotatable bonds is 3. The minimum Gasteiger partial charge on any atom is -0.387 e. The van der Waals surface area contributed by atoms with E-state index in [1.807, 2.05) is 39.8 Å². The van der Waals surface area contributed by atoms with Crippen molar-refractivity contribution in [1.82, 2.24) is 0 Å². The van der Waals surface area contributed by atoms with E-state index in [-0.39, 0.29) is 0 Å². The first-order chi connectivity index (χ1) is 5.70. The molecule has 0 atom stereocenters. The van der Waals surface area contributed by atoms with E-state index in [0.29, 0.717) is 11.5 Å². The van der Waals surface area contributed by atoms with Gasteiger partial charge in [0.05, 0.1) is 11.5 Å². The van der Waals surface area contributed by atoms with E-state index in [0.717, 1.165) is 6.42 Å². The summed E-state index contributed by atoms with van der Waals surface area (Å²) >= 11 is 0. The van der Waals surface area contributed by atoms with Crippen molar-refractivity contribution in [1.29, 1.82) is 0 Å². The van der Waals surface area contributed by atoms with Crippen LogP contribution in [0.1, 0.15) is 34.1 Å². The van der Waals surface area contributed by atoms with E-state index in [1.54, 1.807) is 0 Å². The summed E-state index contributed by atoms with van der Waals surface area (Å²) in [5, 5.41) is 0. The zero-order valence-corrected chi connectivity index (χ0v) is 8.59. The highest BCUT2D eigenvalue weighted by Crippen LogP contribution is 1.94. The lowest BCUT2D eigenvalue weighted by molar-refractivity contribution is 1.22. The lowest BCUT2D eigenvalue weighted by Crippen LogP contribution is -2.09. The van der Waals surface area contributed by atoms with Gasteiger partial charge in [0.1, 0.15) is 0 Å². The normalized spacial score (nSPS) is 10.8. The molecule has 2 nitrogen and oxygen atoms in total. The third-order valence-electron chi connectivity index (χ3n) is 1.01. The van der Waals surface area contributed by atoms with Crippen LogP contribution in [0.15, 0.2) is 29.4 Å². The van der Waals surface area contributed by atoms with E-state index in [9.17, 15) is 0 Å². The van der Waals surface area contributed by atoms with E-state index in [4.69, 9.17) is 5.73 Å². The molecule has 0 aliphatic rings. The predicted molar refractivity (Wildman–Crippen MR) is 57.2 cm³/mol. The minimum atomic E-state index is 0.628. The van der Waals surface area contributed by atoms with Crippen molar-refractivity contribution >= 4 is 5.84 Å². The van der Waals surface area contributed by atoms with Crippen LogP contribution in [0, 0.1) is 0 Å². The molecule has 0 aliphatic heterocycles. The van der Waals surface area contributed by atoms with Crippen molar-refractivity contribution in [3.05, 3.63) is 24.4 Å². The van der Waals surface area contributed by atoms with Crippen LogP contribution in [0.3, 0.4) is 0 Å². The Balaban J connectivity index is 0. The van der Waals surface area contributed by atoms with Crippen LogP contribution in [0.2, 0.25) is 0 Å². The molecule has 0 bridgehead atoms. The Morgan fingerprint density at radius 2 is 2.00 bits per heavy atom. The molecule has 0 aromatic heterocycles. The van der Waals surface area contributed by atoms with E-state index in [1.165, 1.54) is 0 Å². The molecule has 0 radical (unpaired) electrons. The number of hydrogen-bond acceptors (Lipinski definition) is 1. The van der Waals surface area contributed by atoms with Gasteiger partial charge >= 0.3 is 0 Å². The summed E-state index contributed by atoms with van der Waals surface area (Å²) in [5.41, 5.74) is 6.17. The van der Waals surface area contributed by atoms with Crippen LogP contribution in [-0.2, 0) is 0 Å². The zero-order chi connectivity index (χ0) is 9.98. The SMILES string of the molecule is C=C(/C=C\C)N=C(N)CC.CC. The van der Waals surface area contributed by atoms with Crippen LogP contribution in [0.5, 0.6) is 0 Å². The second-order valence-electron chi connectivity index (χ2n) is 1.95. The molecule has 0 saturated carbocycles. The van der Waals surface area contributed by atoms with Crippen molar-refractivity contribution in [3.63, 3.8) is 0 Å². The maximum absolute atomic E-state index is 5.46. The van der Waals surface area contributed by atoms with Gasteiger partial charge < -0.3 is 5.73 Å². The number of allylic oxidation sites excluding steroid dienone is 2. The Morgan fingerprint density at radius 3 is 2.33 bits per heavy atom. The molecule has 0 aliphatic carbocycles. The third kappa shape index (κ3) is 8.95. The van der Waals surface area contributed by atoms with E-state index in [2.05, 4.69) is 11.6 Å². The highest BCUT2D eigenvalue weighted by molar-refractivity contribution is 5.81. The fraction of sp³-hybridized carbons (Fsp3) is 0.500. The van der Waals surface area contributed by atoms with Gasteiger partial charge in [0.25, 0.3) is 0 Å². The fourth-order valence-corrected chi connectivity index (χ4v) is 0.493. The molecule has 12 heavy (non-hydrogen) atoms. The first kappa shape index (κ1) is 13.5. The lowest BCUT2D eigenvalue weighted by atomic mass is 10.4. The van der Waals surface area contributed by atoms with Gasteiger partial charge in [-0.25, -0.2) is 4.99 Å². The number of aliphatic imine (C=N–C) groups is 1. The lowest BCUT2D eigenvalue weighted by Gasteiger charge is -1.93. The quantitative estimate of drug-likeness (QED) is 0.393. The number of amidine groups is 1. The Hall–Kier alpha value is -1.05. The molecule has 0 rings (SSSR count). The summed E-state index contributed by atoms with van der Waals surface area (Å²) in [7, 11) is 0. The Bertz CT molecular complexity index is 167. The fourth-order valence-electron chi connectivity index (χ4n) is 0.493. The molecule has 0 heterocycles. The summed E-state index contributed by atoms with van der Waals surface area (Å²) in [6.45, 7) is 11.6. The van der Waals surface area contributed by atoms with Gasteiger partial charge in [-0.05, 0) is 13.0 Å². The summed E-state index contributed by atoms with van der Waals surface area (Å²) in [4.78, 5) is 4.00. The van der Waals surface area contributed by atoms with Gasteiger partial charge in [0.2, 0.25) is 0 Å². The number of nitrogens with two attached hydrogens (primary N) is 1. The van der Waals surface area contributed by atoms with Gasteiger partial charge in [-0.3, -0.25) is 0 Å².